The van der Waals surface area contributed by atoms with Crippen molar-refractivity contribution >= 4 is 23.5 Å². The average molecular weight is 509 g/mol. The summed E-state index contributed by atoms with van der Waals surface area (Å²) in [5, 5.41) is 16.3. The molecule has 1 amide bonds. The molecule has 2 aromatic carbocycles. The van der Waals surface area contributed by atoms with Crippen LogP contribution < -0.4 is 11.1 Å². The zero-order chi connectivity index (χ0) is 25.8. The summed E-state index contributed by atoms with van der Waals surface area (Å²) < 4.78 is 40.2. The number of aromatic nitrogens is 2. The Kier molecular flexibility index (Phi) is 8.18. The van der Waals surface area contributed by atoms with Crippen LogP contribution in [-0.2, 0) is 11.2 Å². The van der Waals surface area contributed by atoms with Crippen LogP contribution in [0.25, 0.3) is 11.1 Å². The van der Waals surface area contributed by atoms with Crippen molar-refractivity contribution in [2.75, 3.05) is 6.54 Å². The Morgan fingerprint density at radius 1 is 1.20 bits per heavy atom. The predicted octanol–water partition coefficient (Wildman–Crippen LogP) is 4.52. The Morgan fingerprint density at radius 2 is 1.89 bits per heavy atom. The molecule has 0 spiro atoms. The fourth-order valence-corrected chi connectivity index (χ4v) is 3.80. The minimum absolute atomic E-state index is 0.0230. The summed E-state index contributed by atoms with van der Waals surface area (Å²) in [6, 6.07) is 11.5. The standard InChI is InChI=1S/C24H24ClF3N4O3/c1-24(13-29,22(34)35)12-17(30-21(33)20-8-9-32(31-20)23(27)28)10-14-2-4-15(5-3-14)18-11-16(25)6-7-19(18)26/h2-9,11,17,23H,10,12-13,29H2,1H3,(H,30,33)(H,34,35)/t17-,24+/m1/s1. The zero-order valence-corrected chi connectivity index (χ0v) is 19.5. The van der Waals surface area contributed by atoms with Gasteiger partial charge in [-0.2, -0.15) is 13.9 Å². The second kappa shape index (κ2) is 10.9. The number of rotatable bonds is 10. The van der Waals surface area contributed by atoms with Crippen LogP contribution in [-0.4, -0.2) is 39.4 Å². The molecule has 0 aliphatic carbocycles. The number of amides is 1. The molecule has 4 N–H and O–H groups in total. The molecule has 0 aliphatic heterocycles. The van der Waals surface area contributed by atoms with Gasteiger partial charge in [-0.05, 0) is 55.2 Å². The second-order valence-corrected chi connectivity index (χ2v) is 8.86. The monoisotopic (exact) mass is 508 g/mol. The summed E-state index contributed by atoms with van der Waals surface area (Å²) in [6.07, 6.45) is 1.16. The lowest BCUT2D eigenvalue weighted by Gasteiger charge is -2.29. The SMILES string of the molecule is C[C@@](CN)(C[C@@H](Cc1ccc(-c2cc(Cl)ccc2F)cc1)NC(=O)c1ccn(C(F)F)n1)C(=O)O. The van der Waals surface area contributed by atoms with Gasteiger partial charge in [-0.25, -0.2) is 9.07 Å². The lowest BCUT2D eigenvalue weighted by Crippen LogP contribution is -2.45. The highest BCUT2D eigenvalue weighted by Gasteiger charge is 2.35. The first-order chi connectivity index (χ1) is 16.5. The Labute approximate surface area is 204 Å². The van der Waals surface area contributed by atoms with Crippen LogP contribution in [0.15, 0.2) is 54.7 Å². The molecule has 0 fully saturated rings. The van der Waals surface area contributed by atoms with E-state index in [1.54, 1.807) is 24.3 Å². The van der Waals surface area contributed by atoms with Crippen LogP contribution >= 0.6 is 11.6 Å². The third kappa shape index (κ3) is 6.40. The lowest BCUT2D eigenvalue weighted by molar-refractivity contribution is -0.148. The lowest BCUT2D eigenvalue weighted by atomic mass is 9.82. The Bertz CT molecular complexity index is 1200. The largest absolute Gasteiger partial charge is 0.481 e. The summed E-state index contributed by atoms with van der Waals surface area (Å²) in [4.78, 5) is 24.5. The molecular formula is C24H24ClF3N4O3. The van der Waals surface area contributed by atoms with Gasteiger partial charge in [0, 0.05) is 29.4 Å². The maximum absolute atomic E-state index is 14.2. The summed E-state index contributed by atoms with van der Waals surface area (Å²) in [5.41, 5.74) is 5.76. The Hall–Kier alpha value is -3.37. The molecular weight excluding hydrogens is 485 g/mol. The molecule has 0 radical (unpaired) electrons. The Morgan fingerprint density at radius 3 is 2.46 bits per heavy atom. The number of aliphatic carboxylic acids is 1. The van der Waals surface area contributed by atoms with Crippen LogP contribution in [0.3, 0.4) is 0 Å². The van der Waals surface area contributed by atoms with Crippen molar-refractivity contribution in [3.8, 4) is 11.1 Å². The van der Waals surface area contributed by atoms with Crippen LogP contribution in [0.4, 0.5) is 13.2 Å². The maximum atomic E-state index is 14.2. The van der Waals surface area contributed by atoms with E-state index >= 15 is 0 Å². The van der Waals surface area contributed by atoms with E-state index in [0.717, 1.165) is 17.8 Å². The predicted molar refractivity (Wildman–Crippen MR) is 125 cm³/mol. The highest BCUT2D eigenvalue weighted by Crippen LogP contribution is 2.28. The van der Waals surface area contributed by atoms with Crippen LogP contribution in [0.5, 0.6) is 0 Å². The molecule has 0 unspecified atom stereocenters. The second-order valence-electron chi connectivity index (χ2n) is 8.43. The van der Waals surface area contributed by atoms with E-state index in [1.165, 1.54) is 25.1 Å². The first-order valence-electron chi connectivity index (χ1n) is 10.6. The highest BCUT2D eigenvalue weighted by atomic mass is 35.5. The van der Waals surface area contributed by atoms with Crippen molar-refractivity contribution in [2.45, 2.75) is 32.4 Å². The van der Waals surface area contributed by atoms with Crippen molar-refractivity contribution in [1.82, 2.24) is 15.1 Å². The third-order valence-electron chi connectivity index (χ3n) is 5.72. The Balaban J connectivity index is 1.83. The summed E-state index contributed by atoms with van der Waals surface area (Å²) >= 11 is 5.97. The van der Waals surface area contributed by atoms with Gasteiger partial charge in [0.25, 0.3) is 5.91 Å². The number of carboxylic acid groups (broad SMARTS) is 1. The molecule has 3 aromatic rings. The van der Waals surface area contributed by atoms with E-state index in [-0.39, 0.29) is 25.1 Å². The van der Waals surface area contributed by atoms with Gasteiger partial charge in [0.15, 0.2) is 0 Å². The molecule has 0 aliphatic rings. The van der Waals surface area contributed by atoms with Crippen molar-refractivity contribution in [3.63, 3.8) is 0 Å². The minimum atomic E-state index is -2.90. The van der Waals surface area contributed by atoms with Gasteiger partial charge in [-0.1, -0.05) is 35.9 Å². The number of nitrogens with one attached hydrogen (secondary N) is 1. The van der Waals surface area contributed by atoms with Gasteiger partial charge in [-0.15, -0.1) is 0 Å². The molecule has 7 nitrogen and oxygen atoms in total. The molecule has 1 aromatic heterocycles. The van der Waals surface area contributed by atoms with Gasteiger partial charge < -0.3 is 16.2 Å². The summed E-state index contributed by atoms with van der Waals surface area (Å²) in [6.45, 7) is -1.62. The van der Waals surface area contributed by atoms with Crippen molar-refractivity contribution in [1.29, 1.82) is 0 Å². The average Bonchev–Trinajstić information content (AvgIpc) is 3.32. The maximum Gasteiger partial charge on any atom is 0.333 e. The molecule has 1 heterocycles. The number of hydrogen-bond acceptors (Lipinski definition) is 4. The number of halogens is 4. The zero-order valence-electron chi connectivity index (χ0n) is 18.7. The van der Waals surface area contributed by atoms with Crippen molar-refractivity contribution in [3.05, 3.63) is 76.8 Å². The number of carbonyl (C=O) groups excluding carboxylic acids is 1. The third-order valence-corrected chi connectivity index (χ3v) is 5.95. The van der Waals surface area contributed by atoms with E-state index in [1.807, 2.05) is 0 Å². The number of nitrogens with zero attached hydrogens (tertiary/aromatic N) is 2. The number of alkyl halides is 2. The van der Waals surface area contributed by atoms with E-state index < -0.39 is 35.7 Å². The fraction of sp³-hybridized carbons (Fsp3) is 0.292. The summed E-state index contributed by atoms with van der Waals surface area (Å²) in [5.74, 6) is -2.29. The van der Waals surface area contributed by atoms with Crippen LogP contribution in [0.2, 0.25) is 5.02 Å². The number of carbonyl (C=O) groups is 2. The number of carboxylic acids is 1. The van der Waals surface area contributed by atoms with E-state index in [0.29, 0.717) is 20.8 Å². The quantitative estimate of drug-likeness (QED) is 0.373. The minimum Gasteiger partial charge on any atom is -0.481 e. The smallest absolute Gasteiger partial charge is 0.333 e. The topological polar surface area (TPSA) is 110 Å². The first kappa shape index (κ1) is 26.2. The fourth-order valence-electron chi connectivity index (χ4n) is 3.63. The molecule has 0 saturated carbocycles. The number of nitrogens with two attached hydrogens (primary N) is 1. The molecule has 0 saturated heterocycles. The van der Waals surface area contributed by atoms with Gasteiger partial charge in [0.2, 0.25) is 0 Å². The van der Waals surface area contributed by atoms with Crippen molar-refractivity contribution in [2.24, 2.45) is 11.1 Å². The van der Waals surface area contributed by atoms with Gasteiger partial charge >= 0.3 is 12.5 Å². The summed E-state index contributed by atoms with van der Waals surface area (Å²) in [7, 11) is 0. The molecule has 3 rings (SSSR count). The van der Waals surface area contributed by atoms with Crippen LogP contribution in [0, 0.1) is 11.2 Å². The number of hydrogen-bond donors (Lipinski definition) is 3. The van der Waals surface area contributed by atoms with Crippen LogP contribution in [0.1, 0.15) is 35.9 Å². The molecule has 35 heavy (non-hydrogen) atoms. The van der Waals surface area contributed by atoms with E-state index in [2.05, 4.69) is 10.4 Å². The molecule has 0 bridgehead atoms. The first-order valence-corrected chi connectivity index (χ1v) is 11.0. The molecule has 2 atom stereocenters. The molecule has 186 valence electrons. The normalized spacial score (nSPS) is 13.9. The van der Waals surface area contributed by atoms with Crippen molar-refractivity contribution < 1.29 is 27.9 Å². The highest BCUT2D eigenvalue weighted by molar-refractivity contribution is 6.30. The van der Waals surface area contributed by atoms with E-state index in [9.17, 15) is 27.9 Å². The van der Waals surface area contributed by atoms with E-state index in [4.69, 9.17) is 17.3 Å². The van der Waals surface area contributed by atoms with Gasteiger partial charge in [0.1, 0.15) is 11.5 Å². The molecule has 11 heteroatoms. The number of benzene rings is 2. The van der Waals surface area contributed by atoms with Gasteiger partial charge in [0.05, 0.1) is 5.41 Å². The van der Waals surface area contributed by atoms with Gasteiger partial charge in [-0.3, -0.25) is 9.59 Å².